The number of hydrogen-bond acceptors (Lipinski definition) is 5. The smallest absolute Gasteiger partial charge is 0.255 e. The lowest BCUT2D eigenvalue weighted by Crippen LogP contribution is -2.38. The van der Waals surface area contributed by atoms with E-state index in [4.69, 9.17) is 11.6 Å². The normalized spacial score (nSPS) is 28.3. The summed E-state index contributed by atoms with van der Waals surface area (Å²) in [4.78, 5) is 8.62. The molecule has 0 radical (unpaired) electrons. The van der Waals surface area contributed by atoms with E-state index in [-0.39, 0.29) is 23.0 Å². The number of halogens is 2. The van der Waals surface area contributed by atoms with Crippen LogP contribution >= 0.6 is 11.6 Å². The summed E-state index contributed by atoms with van der Waals surface area (Å²) in [5, 5.41) is 17.7. The summed E-state index contributed by atoms with van der Waals surface area (Å²) in [6.07, 6.45) is 4.32. The van der Waals surface area contributed by atoms with Gasteiger partial charge in [0.25, 0.3) is 5.78 Å². The van der Waals surface area contributed by atoms with Crippen molar-refractivity contribution in [3.05, 3.63) is 17.0 Å². The highest BCUT2D eigenvalue weighted by atomic mass is 35.5. The minimum absolute atomic E-state index is 0.116. The lowest BCUT2D eigenvalue weighted by molar-refractivity contribution is 0.0470. The molecule has 1 aliphatic carbocycles. The van der Waals surface area contributed by atoms with E-state index in [2.05, 4.69) is 47.2 Å². The number of rotatable bonds is 6. The van der Waals surface area contributed by atoms with E-state index in [9.17, 15) is 5.26 Å². The second-order valence-corrected chi connectivity index (χ2v) is 9.44. The number of nitriles is 1. The van der Waals surface area contributed by atoms with Crippen molar-refractivity contribution in [3.63, 3.8) is 0 Å². The van der Waals surface area contributed by atoms with Crippen LogP contribution in [0.1, 0.15) is 78.2 Å². The van der Waals surface area contributed by atoms with E-state index in [1.807, 2.05) is 13.8 Å². The zero-order valence-electron chi connectivity index (χ0n) is 18.5. The second kappa shape index (κ2) is 9.05. The molecule has 164 valence electrons. The Morgan fingerprint density at radius 2 is 2.13 bits per heavy atom. The lowest BCUT2D eigenvalue weighted by atomic mass is 9.72. The minimum Gasteiger partial charge on any atom is -0.367 e. The monoisotopic (exact) mass is 434 g/mol. The molecule has 5 atom stereocenters. The third-order valence-electron chi connectivity index (χ3n) is 6.79. The minimum atomic E-state index is -1.47. The summed E-state index contributed by atoms with van der Waals surface area (Å²) in [5.41, 5.74) is -0.819. The van der Waals surface area contributed by atoms with Gasteiger partial charge in [-0.05, 0) is 44.4 Å². The van der Waals surface area contributed by atoms with Gasteiger partial charge in [-0.25, -0.2) is 4.39 Å². The van der Waals surface area contributed by atoms with Gasteiger partial charge in [0.15, 0.2) is 0 Å². The Kier molecular flexibility index (Phi) is 6.86. The molecule has 2 unspecified atom stereocenters. The first-order valence-electron chi connectivity index (χ1n) is 11.0. The van der Waals surface area contributed by atoms with Crippen LogP contribution in [0.5, 0.6) is 0 Å². The number of hydrogen-bond donors (Lipinski definition) is 1. The fourth-order valence-electron chi connectivity index (χ4n) is 4.66. The summed E-state index contributed by atoms with van der Waals surface area (Å²) in [6, 6.07) is 2.49. The van der Waals surface area contributed by atoms with Gasteiger partial charge >= 0.3 is 0 Å². The van der Waals surface area contributed by atoms with Crippen molar-refractivity contribution in [1.82, 2.24) is 19.6 Å². The molecule has 2 aromatic rings. The summed E-state index contributed by atoms with van der Waals surface area (Å²) >= 11 is 6.70. The fraction of sp³-hybridized carbons (Fsp3) is 0.727. The average Bonchev–Trinajstić information content (AvgIpc) is 3.12. The van der Waals surface area contributed by atoms with Crippen LogP contribution in [0.15, 0.2) is 6.33 Å². The molecule has 30 heavy (non-hydrogen) atoms. The summed E-state index contributed by atoms with van der Waals surface area (Å²) in [6.45, 7) is 10.3. The lowest BCUT2D eigenvalue weighted by Gasteiger charge is -2.38. The van der Waals surface area contributed by atoms with Crippen LogP contribution in [0.4, 0.5) is 10.2 Å². The summed E-state index contributed by atoms with van der Waals surface area (Å²) in [5.74, 6) is 0.525. The van der Waals surface area contributed by atoms with Crippen molar-refractivity contribution in [2.75, 3.05) is 5.32 Å². The standard InChI is InChI=1S/C22H32ClFN6/c1-6-9-22(24)14(4)10-16(11-25)7-8-17(22)18-19(23)29-21-26-12-27-30(21)20(18)28-15(5)13(2)3/h12-17,28H,6-10H2,1-5H3/t14?,15-,16-,17-,22?/m1/s1. The molecule has 8 heteroatoms. The molecular weight excluding hydrogens is 403 g/mol. The third-order valence-corrected chi connectivity index (χ3v) is 7.07. The molecule has 2 heterocycles. The maximum absolute atomic E-state index is 16.8. The fourth-order valence-corrected chi connectivity index (χ4v) is 4.95. The molecule has 1 N–H and O–H groups in total. The van der Waals surface area contributed by atoms with Crippen molar-refractivity contribution in [2.45, 2.75) is 84.4 Å². The van der Waals surface area contributed by atoms with Crippen LogP contribution in [0.2, 0.25) is 5.15 Å². The van der Waals surface area contributed by atoms with Crippen LogP contribution in [0.3, 0.4) is 0 Å². The van der Waals surface area contributed by atoms with Crippen LogP contribution in [0, 0.1) is 29.1 Å². The van der Waals surface area contributed by atoms with Gasteiger partial charge in [-0.3, -0.25) is 0 Å². The third kappa shape index (κ3) is 4.12. The molecule has 1 fully saturated rings. The van der Waals surface area contributed by atoms with Gasteiger partial charge in [-0.2, -0.15) is 24.8 Å². The van der Waals surface area contributed by atoms with E-state index >= 15 is 4.39 Å². The largest absolute Gasteiger partial charge is 0.367 e. The SMILES string of the molecule is CCCC1(F)C(C)C[C@H](C#N)CC[C@@H]1c1c(Cl)nc2ncnn2c1N[C@H](C)C(C)C. The first-order valence-corrected chi connectivity index (χ1v) is 11.3. The van der Waals surface area contributed by atoms with Crippen LogP contribution in [0.25, 0.3) is 5.78 Å². The van der Waals surface area contributed by atoms with Crippen molar-refractivity contribution in [2.24, 2.45) is 17.8 Å². The maximum atomic E-state index is 16.8. The zero-order chi connectivity index (χ0) is 22.1. The number of nitrogens with zero attached hydrogens (tertiary/aromatic N) is 5. The van der Waals surface area contributed by atoms with Gasteiger partial charge in [0.2, 0.25) is 0 Å². The van der Waals surface area contributed by atoms with Gasteiger partial charge in [0.05, 0.1) is 6.07 Å². The Labute approximate surface area is 183 Å². The molecule has 6 nitrogen and oxygen atoms in total. The molecule has 1 saturated carbocycles. The first-order chi connectivity index (χ1) is 14.2. The van der Waals surface area contributed by atoms with Gasteiger partial charge in [-0.15, -0.1) is 0 Å². The average molecular weight is 435 g/mol. The van der Waals surface area contributed by atoms with Crippen molar-refractivity contribution in [3.8, 4) is 6.07 Å². The highest BCUT2D eigenvalue weighted by Crippen LogP contribution is 2.52. The van der Waals surface area contributed by atoms with Crippen molar-refractivity contribution < 1.29 is 4.39 Å². The molecule has 0 spiro atoms. The quantitative estimate of drug-likeness (QED) is 0.460. The van der Waals surface area contributed by atoms with Gasteiger partial charge in [0.1, 0.15) is 23.0 Å². The molecule has 0 aliphatic heterocycles. The number of fused-ring (bicyclic) bond motifs is 1. The molecule has 0 aromatic carbocycles. The van der Waals surface area contributed by atoms with Gasteiger partial charge < -0.3 is 5.32 Å². The Morgan fingerprint density at radius 3 is 2.77 bits per heavy atom. The second-order valence-electron chi connectivity index (χ2n) is 9.08. The number of aromatic nitrogens is 4. The van der Waals surface area contributed by atoms with Crippen LogP contribution in [-0.4, -0.2) is 31.3 Å². The van der Waals surface area contributed by atoms with E-state index in [0.717, 1.165) is 6.42 Å². The van der Waals surface area contributed by atoms with E-state index < -0.39 is 11.6 Å². The van der Waals surface area contributed by atoms with Gasteiger partial charge in [-0.1, -0.05) is 45.7 Å². The summed E-state index contributed by atoms with van der Waals surface area (Å²) < 4.78 is 18.4. The molecular formula is C22H32ClFN6. The predicted molar refractivity (Wildman–Crippen MR) is 117 cm³/mol. The van der Waals surface area contributed by atoms with E-state index in [1.54, 1.807) is 4.52 Å². The Bertz CT molecular complexity index is 922. The maximum Gasteiger partial charge on any atom is 0.255 e. The summed E-state index contributed by atoms with van der Waals surface area (Å²) in [7, 11) is 0. The molecule has 2 aromatic heterocycles. The molecule has 0 bridgehead atoms. The Hall–Kier alpha value is -1.94. The molecule has 0 amide bonds. The van der Waals surface area contributed by atoms with Crippen molar-refractivity contribution >= 4 is 23.2 Å². The van der Waals surface area contributed by atoms with Gasteiger partial charge in [0, 0.05) is 23.4 Å². The van der Waals surface area contributed by atoms with Crippen LogP contribution in [-0.2, 0) is 0 Å². The number of anilines is 1. The molecule has 0 saturated heterocycles. The molecule has 3 rings (SSSR count). The van der Waals surface area contributed by atoms with Crippen LogP contribution < -0.4 is 5.32 Å². The predicted octanol–water partition coefficient (Wildman–Crippen LogP) is 5.79. The van der Waals surface area contributed by atoms with Crippen molar-refractivity contribution in [1.29, 1.82) is 5.26 Å². The Balaban J connectivity index is 2.21. The highest BCUT2D eigenvalue weighted by Gasteiger charge is 2.48. The first kappa shape index (κ1) is 22.7. The number of alkyl halides is 1. The topological polar surface area (TPSA) is 78.9 Å². The highest BCUT2D eigenvalue weighted by molar-refractivity contribution is 6.30. The van der Waals surface area contributed by atoms with E-state index in [1.165, 1.54) is 6.33 Å². The Morgan fingerprint density at radius 1 is 1.40 bits per heavy atom. The zero-order valence-corrected chi connectivity index (χ0v) is 19.2. The number of nitrogens with one attached hydrogen (secondary N) is 1. The van der Waals surface area contributed by atoms with E-state index in [0.29, 0.717) is 48.8 Å². The molecule has 1 aliphatic rings.